The van der Waals surface area contributed by atoms with Crippen molar-refractivity contribution in [1.29, 1.82) is 0 Å². The maximum Gasteiger partial charge on any atom is 1.00 e. The SMILES string of the molecule is O=S(=O)(CCCl)c1ccc(SOO[O-])cc1.[Na+]. The predicted octanol–water partition coefficient (Wildman–Crippen LogP) is -2.07. The van der Waals surface area contributed by atoms with E-state index in [-0.39, 0.29) is 46.1 Å². The molecule has 0 aliphatic carbocycles. The van der Waals surface area contributed by atoms with Gasteiger partial charge in [-0.1, -0.05) is 0 Å². The second-order valence-corrected chi connectivity index (χ2v) is 5.96. The minimum atomic E-state index is -3.32. The van der Waals surface area contributed by atoms with Crippen LogP contribution in [0.2, 0.25) is 0 Å². The summed E-state index contributed by atoms with van der Waals surface area (Å²) in [6.45, 7) is 0. The molecule has 0 saturated carbocycles. The number of hydrogen-bond acceptors (Lipinski definition) is 6. The van der Waals surface area contributed by atoms with Gasteiger partial charge in [0.2, 0.25) is 0 Å². The fourth-order valence-corrected chi connectivity index (χ4v) is 2.93. The summed E-state index contributed by atoms with van der Waals surface area (Å²) < 4.78 is 27.2. The minimum absolute atomic E-state index is 0. The largest absolute Gasteiger partial charge is 1.00 e. The Balaban J connectivity index is 0.00000256. The van der Waals surface area contributed by atoms with Crippen LogP contribution in [0.15, 0.2) is 34.1 Å². The maximum absolute atomic E-state index is 11.6. The number of benzene rings is 1. The molecule has 0 spiro atoms. The molecule has 0 aromatic heterocycles. The van der Waals surface area contributed by atoms with E-state index in [0.717, 1.165) is 0 Å². The Hall–Kier alpha value is 0.690. The Morgan fingerprint density at radius 1 is 1.29 bits per heavy atom. The fraction of sp³-hybridized carbons (Fsp3) is 0.250. The van der Waals surface area contributed by atoms with Crippen LogP contribution in [0.5, 0.6) is 0 Å². The summed E-state index contributed by atoms with van der Waals surface area (Å²) in [5.74, 6) is -0.0623. The summed E-state index contributed by atoms with van der Waals surface area (Å²) in [6.07, 6.45) is 0. The molecule has 1 rings (SSSR count). The monoisotopic (exact) mass is 306 g/mol. The number of halogens is 1. The van der Waals surface area contributed by atoms with Crippen LogP contribution in [-0.2, 0) is 19.2 Å². The van der Waals surface area contributed by atoms with Crippen molar-refractivity contribution in [1.82, 2.24) is 0 Å². The van der Waals surface area contributed by atoms with E-state index < -0.39 is 9.84 Å². The van der Waals surface area contributed by atoms with Gasteiger partial charge < -0.3 is 5.26 Å². The van der Waals surface area contributed by atoms with Crippen LogP contribution < -0.4 is 34.8 Å². The molecule has 0 aliphatic rings. The molecule has 0 saturated heterocycles. The second kappa shape index (κ2) is 8.73. The smallest absolute Gasteiger partial charge is 0.691 e. The van der Waals surface area contributed by atoms with Gasteiger partial charge in [0.1, 0.15) is 0 Å². The van der Waals surface area contributed by atoms with E-state index in [9.17, 15) is 13.7 Å². The molecule has 1 aromatic rings. The summed E-state index contributed by atoms with van der Waals surface area (Å²) in [5, 5.41) is 12.7. The molecule has 0 amide bonds. The summed E-state index contributed by atoms with van der Waals surface area (Å²) in [4.78, 5) is 0.737. The number of rotatable bonds is 6. The summed E-state index contributed by atoms with van der Waals surface area (Å²) in [5.41, 5.74) is 0. The Morgan fingerprint density at radius 3 is 2.35 bits per heavy atom. The first-order valence-corrected chi connectivity index (χ1v) is 7.05. The normalized spacial score (nSPS) is 10.9. The molecule has 9 heteroatoms. The topological polar surface area (TPSA) is 75.7 Å². The summed E-state index contributed by atoms with van der Waals surface area (Å²) in [6, 6.07) is 5.84. The number of hydrogen-bond donors (Lipinski definition) is 0. The van der Waals surface area contributed by atoms with Gasteiger partial charge in [-0.3, -0.25) is 5.04 Å². The standard InChI is InChI=1S/C8H9ClO5S2.Na/c9-5-6-16(11,12)8-3-1-7(2-4-8)15-14-13-10;/h1-4,10H,5-6H2;/q;+1/p-1. The van der Waals surface area contributed by atoms with Gasteiger partial charge in [-0.2, -0.15) is 4.33 Å². The van der Waals surface area contributed by atoms with E-state index in [1.54, 1.807) is 0 Å². The molecule has 0 bridgehead atoms. The van der Waals surface area contributed by atoms with Crippen molar-refractivity contribution in [2.75, 3.05) is 11.6 Å². The second-order valence-electron chi connectivity index (χ2n) is 2.70. The van der Waals surface area contributed by atoms with Gasteiger partial charge in [0.05, 0.1) is 22.7 Å². The zero-order chi connectivity index (χ0) is 12.0. The van der Waals surface area contributed by atoms with Crippen molar-refractivity contribution < 1.29 is 52.6 Å². The third-order valence-corrected chi connectivity index (χ3v) is 4.42. The molecule has 90 valence electrons. The van der Waals surface area contributed by atoms with Gasteiger partial charge in [0.15, 0.2) is 9.84 Å². The van der Waals surface area contributed by atoms with E-state index >= 15 is 0 Å². The maximum atomic E-state index is 11.6. The van der Waals surface area contributed by atoms with Crippen LogP contribution in [0.3, 0.4) is 0 Å². The Morgan fingerprint density at radius 2 is 1.88 bits per heavy atom. The van der Waals surface area contributed by atoms with Gasteiger partial charge in [0, 0.05) is 10.8 Å². The van der Waals surface area contributed by atoms with Crippen LogP contribution in [0, 0.1) is 0 Å². The first-order valence-electron chi connectivity index (χ1n) is 4.12. The first-order chi connectivity index (χ1) is 7.60. The zero-order valence-corrected chi connectivity index (χ0v) is 13.3. The average molecular weight is 307 g/mol. The van der Waals surface area contributed by atoms with E-state index in [4.69, 9.17) is 11.6 Å². The molecule has 0 fully saturated rings. The van der Waals surface area contributed by atoms with Gasteiger partial charge in [-0.05, 0) is 24.3 Å². The van der Waals surface area contributed by atoms with Crippen molar-refractivity contribution in [2.24, 2.45) is 0 Å². The van der Waals surface area contributed by atoms with Gasteiger partial charge in [-0.15, -0.1) is 11.6 Å². The van der Waals surface area contributed by atoms with E-state index in [2.05, 4.69) is 9.37 Å². The molecule has 17 heavy (non-hydrogen) atoms. The molecule has 0 N–H and O–H groups in total. The van der Waals surface area contributed by atoms with Crippen LogP contribution >= 0.6 is 23.6 Å². The molecule has 0 radical (unpaired) electrons. The Bertz CT molecular complexity index is 422. The van der Waals surface area contributed by atoms with Crippen LogP contribution in [0.25, 0.3) is 0 Å². The number of sulfone groups is 1. The third kappa shape index (κ3) is 5.91. The van der Waals surface area contributed by atoms with Gasteiger partial charge in [-0.25, -0.2) is 8.42 Å². The summed E-state index contributed by atoms with van der Waals surface area (Å²) >= 11 is 6.08. The zero-order valence-electron chi connectivity index (χ0n) is 8.96. The van der Waals surface area contributed by atoms with Crippen molar-refractivity contribution in [2.45, 2.75) is 9.79 Å². The van der Waals surface area contributed by atoms with E-state index in [0.29, 0.717) is 16.9 Å². The van der Waals surface area contributed by atoms with E-state index in [1.807, 2.05) is 0 Å². The van der Waals surface area contributed by atoms with Crippen molar-refractivity contribution in [3.05, 3.63) is 24.3 Å². The average Bonchev–Trinajstić information content (AvgIpc) is 2.27. The van der Waals surface area contributed by atoms with Crippen LogP contribution in [0.1, 0.15) is 0 Å². The van der Waals surface area contributed by atoms with Crippen molar-refractivity contribution in [3.8, 4) is 0 Å². The van der Waals surface area contributed by atoms with Gasteiger partial charge in [0.25, 0.3) is 0 Å². The molecule has 0 heterocycles. The Labute approximate surface area is 131 Å². The van der Waals surface area contributed by atoms with Crippen LogP contribution in [0.4, 0.5) is 0 Å². The quantitative estimate of drug-likeness (QED) is 0.198. The number of alkyl halides is 1. The molecule has 0 unspecified atom stereocenters. The third-order valence-electron chi connectivity index (χ3n) is 1.69. The molecule has 0 atom stereocenters. The molecule has 1 aromatic carbocycles. The Kier molecular flexibility index (Phi) is 9.09. The van der Waals surface area contributed by atoms with Crippen molar-refractivity contribution in [3.63, 3.8) is 0 Å². The van der Waals surface area contributed by atoms with Crippen molar-refractivity contribution >= 4 is 33.5 Å². The molecular formula is C8H8ClNaO5S2. The molecule has 5 nitrogen and oxygen atoms in total. The van der Waals surface area contributed by atoms with Gasteiger partial charge >= 0.3 is 29.6 Å². The molecular weight excluding hydrogens is 299 g/mol. The minimum Gasteiger partial charge on any atom is -0.691 e. The summed E-state index contributed by atoms with van der Waals surface area (Å²) in [7, 11) is -3.32. The van der Waals surface area contributed by atoms with E-state index in [1.165, 1.54) is 24.3 Å². The predicted molar refractivity (Wildman–Crippen MR) is 57.2 cm³/mol. The molecule has 0 aliphatic heterocycles. The van der Waals surface area contributed by atoms with Crippen LogP contribution in [-0.4, -0.2) is 20.1 Å². The fourth-order valence-electron chi connectivity index (χ4n) is 0.975. The first kappa shape index (κ1) is 17.7.